The molecular formula is C16H23N3O4S. The number of amides is 1. The Morgan fingerprint density at radius 2 is 2.04 bits per heavy atom. The Hall–Kier alpha value is -1.48. The normalized spacial score (nSPS) is 19.6. The SMILES string of the molecule is CC(CN)(NC(=O)CNS(=O)(=O)c1ccc2c(c1)COC2)C1CC1. The molecule has 1 atom stereocenters. The van der Waals surface area contributed by atoms with Gasteiger partial charge in [0.2, 0.25) is 15.9 Å². The number of ether oxygens (including phenoxy) is 1. The molecule has 0 radical (unpaired) electrons. The second kappa shape index (κ2) is 6.44. The van der Waals surface area contributed by atoms with Crippen LogP contribution in [0, 0.1) is 5.92 Å². The van der Waals surface area contributed by atoms with Gasteiger partial charge in [-0.05, 0) is 48.9 Å². The van der Waals surface area contributed by atoms with Gasteiger partial charge in [-0.2, -0.15) is 0 Å². The van der Waals surface area contributed by atoms with Crippen LogP contribution in [0.2, 0.25) is 0 Å². The molecule has 0 aromatic heterocycles. The van der Waals surface area contributed by atoms with Gasteiger partial charge < -0.3 is 15.8 Å². The van der Waals surface area contributed by atoms with Crippen LogP contribution in [0.25, 0.3) is 0 Å². The van der Waals surface area contributed by atoms with Crippen molar-refractivity contribution in [1.82, 2.24) is 10.0 Å². The highest BCUT2D eigenvalue weighted by molar-refractivity contribution is 7.89. The first-order valence-electron chi connectivity index (χ1n) is 8.04. The maximum Gasteiger partial charge on any atom is 0.241 e. The van der Waals surface area contributed by atoms with Crippen LogP contribution in [0.5, 0.6) is 0 Å². The zero-order chi connectivity index (χ0) is 17.4. The molecule has 1 unspecified atom stereocenters. The van der Waals surface area contributed by atoms with Crippen LogP contribution in [0.4, 0.5) is 0 Å². The van der Waals surface area contributed by atoms with E-state index >= 15 is 0 Å². The van der Waals surface area contributed by atoms with E-state index in [1.165, 1.54) is 6.07 Å². The van der Waals surface area contributed by atoms with Gasteiger partial charge in [0.15, 0.2) is 0 Å². The first-order valence-corrected chi connectivity index (χ1v) is 9.53. The molecule has 3 rings (SSSR count). The van der Waals surface area contributed by atoms with Crippen LogP contribution >= 0.6 is 0 Å². The summed E-state index contributed by atoms with van der Waals surface area (Å²) in [5, 5.41) is 2.86. The van der Waals surface area contributed by atoms with Crippen molar-refractivity contribution in [1.29, 1.82) is 0 Å². The maximum absolute atomic E-state index is 12.4. The van der Waals surface area contributed by atoms with Gasteiger partial charge in [0.05, 0.1) is 30.2 Å². The van der Waals surface area contributed by atoms with Gasteiger partial charge in [0.25, 0.3) is 0 Å². The number of sulfonamides is 1. The van der Waals surface area contributed by atoms with Crippen molar-refractivity contribution in [2.45, 2.75) is 43.4 Å². The Morgan fingerprint density at radius 3 is 2.71 bits per heavy atom. The average molecular weight is 353 g/mol. The molecule has 2 aliphatic rings. The monoisotopic (exact) mass is 353 g/mol. The van der Waals surface area contributed by atoms with E-state index in [1.807, 2.05) is 6.92 Å². The van der Waals surface area contributed by atoms with Crippen molar-refractivity contribution < 1.29 is 17.9 Å². The molecule has 0 spiro atoms. The number of hydrogen-bond acceptors (Lipinski definition) is 5. The molecule has 0 saturated heterocycles. The number of fused-ring (bicyclic) bond motifs is 1. The Balaban J connectivity index is 1.61. The molecule has 1 aromatic carbocycles. The molecule has 132 valence electrons. The summed E-state index contributed by atoms with van der Waals surface area (Å²) in [5.74, 6) is 0.00249. The van der Waals surface area contributed by atoms with Crippen LogP contribution in [-0.4, -0.2) is 33.0 Å². The highest BCUT2D eigenvalue weighted by Crippen LogP contribution is 2.38. The van der Waals surface area contributed by atoms with E-state index in [4.69, 9.17) is 10.5 Å². The number of nitrogens with one attached hydrogen (secondary N) is 2. The fourth-order valence-electron chi connectivity index (χ4n) is 2.96. The average Bonchev–Trinajstić information content (AvgIpc) is 3.31. The summed E-state index contributed by atoms with van der Waals surface area (Å²) in [5.41, 5.74) is 7.15. The molecule has 1 aromatic rings. The minimum atomic E-state index is -3.74. The summed E-state index contributed by atoms with van der Waals surface area (Å²) in [6.07, 6.45) is 2.08. The number of benzene rings is 1. The first kappa shape index (κ1) is 17.3. The highest BCUT2D eigenvalue weighted by Gasteiger charge is 2.41. The van der Waals surface area contributed by atoms with Crippen molar-refractivity contribution >= 4 is 15.9 Å². The molecule has 1 aliphatic carbocycles. The summed E-state index contributed by atoms with van der Waals surface area (Å²) < 4.78 is 32.4. The third-order valence-corrected chi connectivity index (χ3v) is 6.15. The van der Waals surface area contributed by atoms with Gasteiger partial charge in [-0.15, -0.1) is 0 Å². The number of carbonyl (C=O) groups is 1. The van der Waals surface area contributed by atoms with Crippen molar-refractivity contribution in [3.05, 3.63) is 29.3 Å². The molecule has 1 fully saturated rings. The smallest absolute Gasteiger partial charge is 0.241 e. The van der Waals surface area contributed by atoms with E-state index in [1.54, 1.807) is 12.1 Å². The Labute approximate surface area is 142 Å². The molecule has 8 heteroatoms. The largest absolute Gasteiger partial charge is 0.372 e. The van der Waals surface area contributed by atoms with Gasteiger partial charge in [0.1, 0.15) is 0 Å². The maximum atomic E-state index is 12.4. The van der Waals surface area contributed by atoms with E-state index in [0.29, 0.717) is 25.7 Å². The molecule has 7 nitrogen and oxygen atoms in total. The second-order valence-corrected chi connectivity index (χ2v) is 8.46. The predicted octanol–water partition coefficient (Wildman–Crippen LogP) is 0.239. The fraction of sp³-hybridized carbons (Fsp3) is 0.562. The third kappa shape index (κ3) is 3.61. The molecule has 4 N–H and O–H groups in total. The summed E-state index contributed by atoms with van der Waals surface area (Å²) in [4.78, 5) is 12.2. The lowest BCUT2D eigenvalue weighted by Crippen LogP contribution is -2.55. The molecular weight excluding hydrogens is 330 g/mol. The van der Waals surface area contributed by atoms with Crippen molar-refractivity contribution in [3.8, 4) is 0 Å². The molecule has 1 aliphatic heterocycles. The van der Waals surface area contributed by atoms with Crippen molar-refractivity contribution in [2.75, 3.05) is 13.1 Å². The summed E-state index contributed by atoms with van der Waals surface area (Å²) in [6, 6.07) is 4.87. The molecule has 1 saturated carbocycles. The molecule has 24 heavy (non-hydrogen) atoms. The van der Waals surface area contributed by atoms with E-state index < -0.39 is 15.6 Å². The Morgan fingerprint density at radius 1 is 1.33 bits per heavy atom. The number of carbonyl (C=O) groups excluding carboxylic acids is 1. The molecule has 1 amide bonds. The first-order chi connectivity index (χ1) is 11.3. The topological polar surface area (TPSA) is 111 Å². The van der Waals surface area contributed by atoms with Crippen molar-refractivity contribution in [3.63, 3.8) is 0 Å². The Bertz CT molecular complexity index is 746. The van der Waals surface area contributed by atoms with Crippen LogP contribution in [0.1, 0.15) is 30.9 Å². The van der Waals surface area contributed by atoms with Gasteiger partial charge in [0, 0.05) is 6.54 Å². The summed E-state index contributed by atoms with van der Waals surface area (Å²) >= 11 is 0. The standard InChI is InChI=1S/C16H23N3O4S/c1-16(10-17,13-3-4-13)19-15(20)7-18-24(21,22)14-5-2-11-8-23-9-12(11)6-14/h2,5-6,13,18H,3-4,7-10,17H2,1H3,(H,19,20). The summed E-state index contributed by atoms with van der Waals surface area (Å²) in [6.45, 7) is 2.84. The zero-order valence-corrected chi connectivity index (χ0v) is 14.5. The van der Waals surface area contributed by atoms with Crippen LogP contribution in [0.15, 0.2) is 23.1 Å². The van der Waals surface area contributed by atoms with E-state index in [2.05, 4.69) is 10.0 Å². The van der Waals surface area contributed by atoms with Crippen LogP contribution in [-0.2, 0) is 32.8 Å². The number of hydrogen-bond donors (Lipinski definition) is 3. The quantitative estimate of drug-likeness (QED) is 0.650. The number of nitrogens with two attached hydrogens (primary N) is 1. The van der Waals surface area contributed by atoms with Crippen molar-refractivity contribution in [2.24, 2.45) is 11.7 Å². The fourth-order valence-corrected chi connectivity index (χ4v) is 3.99. The van der Waals surface area contributed by atoms with E-state index in [9.17, 15) is 13.2 Å². The minimum absolute atomic E-state index is 0.142. The molecule has 0 bridgehead atoms. The van der Waals surface area contributed by atoms with Gasteiger partial charge in [-0.3, -0.25) is 4.79 Å². The lowest BCUT2D eigenvalue weighted by atomic mass is 9.96. The lowest BCUT2D eigenvalue weighted by molar-refractivity contribution is -0.121. The van der Waals surface area contributed by atoms with Crippen LogP contribution in [0.3, 0.4) is 0 Å². The second-order valence-electron chi connectivity index (χ2n) is 6.69. The zero-order valence-electron chi connectivity index (χ0n) is 13.7. The van der Waals surface area contributed by atoms with Gasteiger partial charge >= 0.3 is 0 Å². The third-order valence-electron chi connectivity index (χ3n) is 4.75. The van der Waals surface area contributed by atoms with Crippen LogP contribution < -0.4 is 15.8 Å². The molecule has 1 heterocycles. The van der Waals surface area contributed by atoms with Gasteiger partial charge in [-0.25, -0.2) is 13.1 Å². The summed E-state index contributed by atoms with van der Waals surface area (Å²) in [7, 11) is -3.74. The predicted molar refractivity (Wildman–Crippen MR) is 88.4 cm³/mol. The highest BCUT2D eigenvalue weighted by atomic mass is 32.2. The minimum Gasteiger partial charge on any atom is -0.372 e. The number of rotatable bonds is 7. The van der Waals surface area contributed by atoms with Gasteiger partial charge in [-0.1, -0.05) is 6.07 Å². The Kier molecular flexibility index (Phi) is 4.65. The van der Waals surface area contributed by atoms with E-state index in [0.717, 1.165) is 24.0 Å². The lowest BCUT2D eigenvalue weighted by Gasteiger charge is -2.29. The van der Waals surface area contributed by atoms with E-state index in [-0.39, 0.29) is 17.3 Å².